The molecule has 0 aliphatic rings. The topological polar surface area (TPSA) is 90.9 Å². The summed E-state index contributed by atoms with van der Waals surface area (Å²) in [5, 5.41) is 1.84. The van der Waals surface area contributed by atoms with Gasteiger partial charge in [0.05, 0.1) is 19.8 Å². The Kier molecular flexibility index (Phi) is 5.65. The first-order chi connectivity index (χ1) is 9.88. The monoisotopic (exact) mass is 299 g/mol. The van der Waals surface area contributed by atoms with Gasteiger partial charge in [-0.05, 0) is 25.1 Å². The van der Waals surface area contributed by atoms with Crippen molar-refractivity contribution in [3.05, 3.63) is 29.6 Å². The quantitative estimate of drug-likeness (QED) is 0.842. The van der Waals surface area contributed by atoms with Crippen LogP contribution in [0.15, 0.2) is 18.2 Å². The molecule has 0 fully saturated rings. The zero-order chi connectivity index (χ0) is 16.0. The Morgan fingerprint density at radius 3 is 2.43 bits per heavy atom. The summed E-state index contributed by atoms with van der Waals surface area (Å²) in [6.45, 7) is 1.26. The Balaban J connectivity index is 2.70. The highest BCUT2D eigenvalue weighted by molar-refractivity contribution is 5.97. The van der Waals surface area contributed by atoms with Gasteiger partial charge in [0.2, 0.25) is 0 Å². The minimum Gasteiger partial charge on any atom is -0.494 e. The molecule has 1 atom stereocenters. The summed E-state index contributed by atoms with van der Waals surface area (Å²) in [4.78, 5) is 34.0. The maximum atomic E-state index is 13.5. The van der Waals surface area contributed by atoms with Crippen LogP contribution in [0.25, 0.3) is 0 Å². The van der Waals surface area contributed by atoms with Crippen LogP contribution in [0.3, 0.4) is 0 Å². The fraction of sp³-hybridized carbons (Fsp3) is 0.308. The number of carbonyl (C=O) groups is 3. The molecule has 114 valence electrons. The Labute approximate surface area is 120 Å². The third kappa shape index (κ3) is 4.44. The molecule has 1 aromatic rings. The van der Waals surface area contributed by atoms with Crippen LogP contribution in [0.1, 0.15) is 17.3 Å². The van der Waals surface area contributed by atoms with Crippen LogP contribution >= 0.6 is 0 Å². The lowest BCUT2D eigenvalue weighted by atomic mass is 10.2. The Hall–Kier alpha value is -2.64. The van der Waals surface area contributed by atoms with E-state index in [4.69, 9.17) is 9.47 Å². The number of imide groups is 1. The third-order valence-corrected chi connectivity index (χ3v) is 2.45. The van der Waals surface area contributed by atoms with Crippen molar-refractivity contribution >= 4 is 18.0 Å². The first kappa shape index (κ1) is 16.4. The van der Waals surface area contributed by atoms with Crippen LogP contribution in [-0.4, -0.2) is 38.3 Å². The number of hydrogen-bond acceptors (Lipinski definition) is 6. The number of benzene rings is 1. The van der Waals surface area contributed by atoms with Crippen LogP contribution < -0.4 is 10.1 Å². The van der Waals surface area contributed by atoms with Crippen molar-refractivity contribution in [2.75, 3.05) is 14.2 Å². The van der Waals surface area contributed by atoms with Gasteiger partial charge in [-0.1, -0.05) is 0 Å². The molecule has 0 unspecified atom stereocenters. The van der Waals surface area contributed by atoms with Crippen molar-refractivity contribution in [1.29, 1.82) is 0 Å². The normalized spacial score (nSPS) is 11.2. The summed E-state index contributed by atoms with van der Waals surface area (Å²) in [5.74, 6) is -2.53. The third-order valence-electron chi connectivity index (χ3n) is 2.45. The first-order valence-electron chi connectivity index (χ1n) is 5.82. The van der Waals surface area contributed by atoms with Gasteiger partial charge in [0.1, 0.15) is 0 Å². The van der Waals surface area contributed by atoms with E-state index in [0.717, 1.165) is 13.2 Å². The van der Waals surface area contributed by atoms with Crippen molar-refractivity contribution in [2.24, 2.45) is 0 Å². The summed E-state index contributed by atoms with van der Waals surface area (Å²) in [5.41, 5.74) is -0.0916. The van der Waals surface area contributed by atoms with Gasteiger partial charge < -0.3 is 14.2 Å². The molecule has 0 radical (unpaired) electrons. The molecule has 0 saturated carbocycles. The van der Waals surface area contributed by atoms with Gasteiger partial charge in [-0.3, -0.25) is 10.1 Å². The molecule has 8 heteroatoms. The molecule has 0 aliphatic carbocycles. The Morgan fingerprint density at radius 2 is 1.90 bits per heavy atom. The van der Waals surface area contributed by atoms with E-state index < -0.39 is 29.9 Å². The van der Waals surface area contributed by atoms with Crippen LogP contribution in [-0.2, 0) is 14.3 Å². The fourth-order valence-electron chi connectivity index (χ4n) is 1.33. The standard InChI is InChI=1S/C13H14FNO6/c1-7(11(16)15-13(18)20-3)21-12(17)8-4-5-10(19-2)9(14)6-8/h4-7H,1-3H3,(H,15,16,18)/t7-/m0/s1. The molecular formula is C13H14FNO6. The molecule has 1 N–H and O–H groups in total. The largest absolute Gasteiger partial charge is 0.494 e. The lowest BCUT2D eigenvalue weighted by Gasteiger charge is -2.12. The van der Waals surface area contributed by atoms with E-state index in [2.05, 4.69) is 4.74 Å². The number of halogens is 1. The van der Waals surface area contributed by atoms with Crippen molar-refractivity contribution in [1.82, 2.24) is 5.32 Å². The van der Waals surface area contributed by atoms with E-state index in [-0.39, 0.29) is 11.3 Å². The molecule has 0 saturated heterocycles. The van der Waals surface area contributed by atoms with Gasteiger partial charge in [0.15, 0.2) is 17.7 Å². The van der Waals surface area contributed by atoms with E-state index in [9.17, 15) is 18.8 Å². The maximum Gasteiger partial charge on any atom is 0.413 e. The van der Waals surface area contributed by atoms with Crippen molar-refractivity contribution in [3.63, 3.8) is 0 Å². The number of nitrogens with one attached hydrogen (secondary N) is 1. The van der Waals surface area contributed by atoms with Crippen LogP contribution in [0.4, 0.5) is 9.18 Å². The maximum absolute atomic E-state index is 13.5. The highest BCUT2D eigenvalue weighted by Gasteiger charge is 2.21. The van der Waals surface area contributed by atoms with Gasteiger partial charge in [-0.2, -0.15) is 0 Å². The van der Waals surface area contributed by atoms with E-state index >= 15 is 0 Å². The zero-order valence-corrected chi connectivity index (χ0v) is 11.6. The number of amides is 2. The van der Waals surface area contributed by atoms with Crippen molar-refractivity contribution in [2.45, 2.75) is 13.0 Å². The molecule has 7 nitrogen and oxygen atoms in total. The average molecular weight is 299 g/mol. The summed E-state index contributed by atoms with van der Waals surface area (Å²) < 4.78 is 27.2. The van der Waals surface area contributed by atoms with Gasteiger partial charge >= 0.3 is 12.1 Å². The molecule has 1 rings (SSSR count). The number of methoxy groups -OCH3 is 2. The second-order valence-electron chi connectivity index (χ2n) is 3.88. The molecule has 1 aromatic carbocycles. The second kappa shape index (κ2) is 7.22. The van der Waals surface area contributed by atoms with E-state index in [1.165, 1.54) is 26.2 Å². The van der Waals surface area contributed by atoms with Crippen LogP contribution in [0.2, 0.25) is 0 Å². The number of rotatable bonds is 4. The highest BCUT2D eigenvalue weighted by Crippen LogP contribution is 2.18. The minimum absolute atomic E-state index is 0.0250. The SMILES string of the molecule is COC(=O)NC(=O)[C@H](C)OC(=O)c1ccc(OC)c(F)c1. The lowest BCUT2D eigenvalue weighted by molar-refractivity contribution is -0.128. The van der Waals surface area contributed by atoms with E-state index in [1.807, 2.05) is 5.32 Å². The van der Waals surface area contributed by atoms with Gasteiger partial charge in [-0.15, -0.1) is 0 Å². The van der Waals surface area contributed by atoms with Gasteiger partial charge in [0.25, 0.3) is 5.91 Å². The molecule has 0 aromatic heterocycles. The van der Waals surface area contributed by atoms with E-state index in [1.54, 1.807) is 0 Å². The van der Waals surface area contributed by atoms with Crippen LogP contribution in [0, 0.1) is 5.82 Å². The minimum atomic E-state index is -1.25. The predicted molar refractivity (Wildman–Crippen MR) is 68.4 cm³/mol. The van der Waals surface area contributed by atoms with Crippen molar-refractivity contribution in [3.8, 4) is 5.75 Å². The van der Waals surface area contributed by atoms with Gasteiger partial charge in [-0.25, -0.2) is 14.0 Å². The summed E-state index contributed by atoms with van der Waals surface area (Å²) >= 11 is 0. The summed E-state index contributed by atoms with van der Waals surface area (Å²) in [6.07, 6.45) is -2.22. The molecule has 0 heterocycles. The molecule has 0 spiro atoms. The summed E-state index contributed by atoms with van der Waals surface area (Å²) in [7, 11) is 2.37. The average Bonchev–Trinajstić information content (AvgIpc) is 2.46. The number of hydrogen-bond donors (Lipinski definition) is 1. The molecule has 2 amide bonds. The first-order valence-corrected chi connectivity index (χ1v) is 5.82. The molecule has 0 bridgehead atoms. The number of alkyl carbamates (subject to hydrolysis) is 1. The van der Waals surface area contributed by atoms with E-state index in [0.29, 0.717) is 0 Å². The molecule has 0 aliphatic heterocycles. The summed E-state index contributed by atoms with van der Waals surface area (Å²) in [6, 6.07) is 3.46. The smallest absolute Gasteiger partial charge is 0.413 e. The molecular weight excluding hydrogens is 285 g/mol. The zero-order valence-electron chi connectivity index (χ0n) is 11.6. The van der Waals surface area contributed by atoms with Gasteiger partial charge in [0, 0.05) is 0 Å². The highest BCUT2D eigenvalue weighted by atomic mass is 19.1. The fourth-order valence-corrected chi connectivity index (χ4v) is 1.33. The van der Waals surface area contributed by atoms with Crippen LogP contribution in [0.5, 0.6) is 5.75 Å². The number of ether oxygens (including phenoxy) is 3. The second-order valence-corrected chi connectivity index (χ2v) is 3.88. The lowest BCUT2D eigenvalue weighted by Crippen LogP contribution is -2.39. The van der Waals surface area contributed by atoms with Crippen molar-refractivity contribution < 1.29 is 33.0 Å². The molecule has 21 heavy (non-hydrogen) atoms. The Morgan fingerprint density at radius 1 is 1.24 bits per heavy atom. The number of carbonyl (C=O) groups excluding carboxylic acids is 3. The predicted octanol–water partition coefficient (Wildman–Crippen LogP) is 1.26. The Bertz CT molecular complexity index is 560. The number of esters is 1.